The normalized spacial score (nSPS) is 11.8. The third kappa shape index (κ3) is 39.7. The van der Waals surface area contributed by atoms with Crippen LogP contribution in [-0.2, 0) is 112 Å². The SMILES string of the molecule is C.COC(=O)[C@H](Cc1ccc(-c2cccc(CNc3ccccn3)c2)cc1)NS(C)(=O)=O.COC(=O)[C@H](Cc1ccc(Br)cc1)NS(C)(=O)=O.COC(=O)[C@H](Cc1cccc(C=O)c1)NS(C)(=O)=O.CS(=O)(=O)N[C@@H](Cc1ccc(-c2cccc(CNc3ccccn3)c2)cc1)C(=O)O.Nc1ccccn1.O=Cc1cccc(B(O)O)c1. The lowest BCUT2D eigenvalue weighted by atomic mass is 9.80. The number of rotatable bonds is 31. The lowest BCUT2D eigenvalue weighted by Crippen LogP contribution is -2.42. The number of aldehydes is 2. The number of ether oxygens (including phenoxy) is 3. The summed E-state index contributed by atoms with van der Waals surface area (Å²) in [6.07, 6.45) is 11.0. The maximum atomic E-state index is 11.9. The van der Waals surface area contributed by atoms with Gasteiger partial charge in [0.1, 0.15) is 54.2 Å². The Morgan fingerprint density at radius 1 is 0.419 bits per heavy atom. The van der Waals surface area contributed by atoms with Crippen molar-refractivity contribution in [2.24, 2.45) is 0 Å². The number of sulfonamides is 4. The zero-order chi connectivity index (χ0) is 85.4. The standard InChI is InChI=1S/C23H25N3O4S.C22H23N3O4S.C12H15NO5S.C11H14BrNO4S.C7H7BO3.C5H6N2.CH4/c1-30-23(27)21(26-31(2,28)29)15-17-9-11-19(12-10-17)20-7-5-6-18(14-20)16-25-22-8-3-4-13-24-22;1-30(28,29)25-20(22(26)27)14-16-8-10-18(11-9-16)19-6-4-5-17(13-19)15-24-21-7-2-3-12-23-21;1-18-12(15)11(13-19(2,16)17)7-9-4-3-5-10(6-9)8-14;1-17-11(14)10(13-18(2,15)16)7-8-3-5-9(12)6-4-8;9-5-6-2-1-3-7(4-6)8(10)11;6-5-3-1-2-4-7-5;/h3-14,21,26H,15-16H2,1-2H3,(H,24,25);2-13,20,25H,14-15H2,1H3,(H,23,24)(H,26,27);3-6,8,11,13H,7H2,1-2H3;3-6,10,13H,7H2,1-2H3;1-5,10-11H;1-4H,(H2,6,7);1H4/t21-;20-;11-;10-;;;/m0000.../s1. The molecule has 0 saturated carbocycles. The second-order valence-corrected chi connectivity index (χ2v) is 33.4. The number of nitrogen functional groups attached to an aromatic ring is 1. The van der Waals surface area contributed by atoms with Crippen LogP contribution in [0.3, 0.4) is 0 Å². The molecule has 3 aromatic heterocycles. The van der Waals surface area contributed by atoms with Crippen LogP contribution in [0.4, 0.5) is 17.5 Å². The fourth-order valence-electron chi connectivity index (χ4n) is 10.4. The Morgan fingerprint density at radius 3 is 1.09 bits per heavy atom. The van der Waals surface area contributed by atoms with Gasteiger partial charge in [-0.2, -0.15) is 0 Å². The molecule has 4 atom stereocenters. The van der Waals surface area contributed by atoms with Gasteiger partial charge in [0.25, 0.3) is 0 Å². The van der Waals surface area contributed by atoms with Crippen molar-refractivity contribution < 1.29 is 91.8 Å². The molecule has 36 heteroatoms. The maximum absolute atomic E-state index is 11.9. The van der Waals surface area contributed by atoms with Gasteiger partial charge < -0.3 is 45.7 Å². The maximum Gasteiger partial charge on any atom is 0.488 e. The molecule has 0 aliphatic heterocycles. The van der Waals surface area contributed by atoms with Gasteiger partial charge in [-0.3, -0.25) is 28.8 Å². The highest BCUT2D eigenvalue weighted by atomic mass is 79.9. The van der Waals surface area contributed by atoms with Crippen LogP contribution in [0.15, 0.2) is 248 Å². The number of esters is 3. The minimum absolute atomic E-state index is 0. The molecule has 10 rings (SSSR count). The van der Waals surface area contributed by atoms with Crippen LogP contribution in [-0.4, -0.2) is 178 Å². The van der Waals surface area contributed by atoms with Gasteiger partial charge in [-0.1, -0.05) is 181 Å². The van der Waals surface area contributed by atoms with Crippen LogP contribution in [0, 0.1) is 0 Å². The molecule has 3 heterocycles. The number of aliphatic carboxylic acids is 1. The lowest BCUT2D eigenvalue weighted by Gasteiger charge is -2.15. The first-order chi connectivity index (χ1) is 54.9. The predicted octanol–water partition coefficient (Wildman–Crippen LogP) is 7.59. The number of carbonyl (C=O) groups is 6. The number of anilines is 3. The number of carbonyl (C=O) groups excluding carboxylic acids is 5. The predicted molar refractivity (Wildman–Crippen MR) is 455 cm³/mol. The number of carboxylic acids is 1. The smallest absolute Gasteiger partial charge is 0.480 e. The van der Waals surface area contributed by atoms with E-state index in [1.807, 2.05) is 158 Å². The summed E-state index contributed by atoms with van der Waals surface area (Å²) in [5.74, 6) is -0.920. The van der Waals surface area contributed by atoms with Gasteiger partial charge in [0.2, 0.25) is 40.1 Å². The fraction of sp³-hybridized carbons (Fsp3) is 0.222. The first-order valence-electron chi connectivity index (χ1n) is 34.8. The number of hydrogen-bond acceptors (Lipinski definition) is 25. The Bertz CT molecular complexity index is 5280. The molecule has 0 aliphatic rings. The Balaban J connectivity index is 0.000000311. The molecule has 0 saturated heterocycles. The van der Waals surface area contributed by atoms with Gasteiger partial charge in [0.15, 0.2) is 0 Å². The van der Waals surface area contributed by atoms with Crippen molar-refractivity contribution in [3.63, 3.8) is 0 Å². The number of nitrogens with zero attached hydrogens (tertiary/aromatic N) is 3. The number of methoxy groups -OCH3 is 3. The highest BCUT2D eigenvalue weighted by Gasteiger charge is 2.27. The minimum atomic E-state index is -3.61. The first kappa shape index (κ1) is 98.1. The number of aromatic nitrogens is 3. The van der Waals surface area contributed by atoms with Crippen LogP contribution in [0.2, 0.25) is 0 Å². The van der Waals surface area contributed by atoms with Crippen molar-refractivity contribution in [2.75, 3.05) is 62.7 Å². The van der Waals surface area contributed by atoms with Gasteiger partial charge in [-0.25, -0.2) is 67.5 Å². The summed E-state index contributed by atoms with van der Waals surface area (Å²) in [6.45, 7) is 1.29. The summed E-state index contributed by atoms with van der Waals surface area (Å²) in [6, 6.07) is 64.1. The summed E-state index contributed by atoms with van der Waals surface area (Å²) >= 11 is 3.30. The molecule has 0 radical (unpaired) electrons. The van der Waals surface area contributed by atoms with Crippen molar-refractivity contribution >= 4 is 123 Å². The number of benzene rings is 7. The summed E-state index contributed by atoms with van der Waals surface area (Å²) in [5, 5.41) is 33.2. The number of nitrogens with one attached hydrogen (secondary N) is 6. The van der Waals surface area contributed by atoms with Crippen LogP contribution in [0.5, 0.6) is 0 Å². The molecular weight excluding hydrogens is 1650 g/mol. The molecule has 117 heavy (non-hydrogen) atoms. The molecule has 0 amide bonds. The van der Waals surface area contributed by atoms with Crippen molar-refractivity contribution in [3.05, 3.63) is 292 Å². The monoisotopic (exact) mass is 1740 g/mol. The van der Waals surface area contributed by atoms with E-state index >= 15 is 0 Å². The van der Waals surface area contributed by atoms with E-state index in [2.05, 4.69) is 82.0 Å². The van der Waals surface area contributed by atoms with Crippen LogP contribution < -0.4 is 40.7 Å². The van der Waals surface area contributed by atoms with E-state index in [1.165, 1.54) is 33.5 Å². The molecule has 0 bridgehead atoms. The summed E-state index contributed by atoms with van der Waals surface area (Å²) in [7, 11) is -12.0. The van der Waals surface area contributed by atoms with Gasteiger partial charge in [-0.15, -0.1) is 0 Å². The molecule has 622 valence electrons. The summed E-state index contributed by atoms with van der Waals surface area (Å²) in [4.78, 5) is 79.4. The van der Waals surface area contributed by atoms with Gasteiger partial charge >= 0.3 is 31.0 Å². The average Bonchev–Trinajstić information content (AvgIpc) is 0.849. The van der Waals surface area contributed by atoms with Crippen molar-refractivity contribution in [3.8, 4) is 22.3 Å². The quantitative estimate of drug-likeness (QED) is 0.00865. The van der Waals surface area contributed by atoms with Crippen LogP contribution >= 0.6 is 15.9 Å². The summed E-state index contributed by atoms with van der Waals surface area (Å²) < 4.78 is 114. The molecule has 0 aliphatic carbocycles. The topological polar surface area (TPSA) is 464 Å². The van der Waals surface area contributed by atoms with E-state index in [-0.39, 0.29) is 33.1 Å². The molecule has 10 aromatic rings. The molecule has 7 aromatic carbocycles. The molecule has 30 nitrogen and oxygen atoms in total. The molecular formula is C81H94BBrN10O20S4. The average molecular weight is 1750 g/mol. The van der Waals surface area contributed by atoms with Crippen LogP contribution in [0.25, 0.3) is 22.3 Å². The van der Waals surface area contributed by atoms with E-state index < -0.39 is 95.3 Å². The van der Waals surface area contributed by atoms with E-state index in [4.69, 9.17) is 20.5 Å². The van der Waals surface area contributed by atoms with Crippen molar-refractivity contribution in [2.45, 2.75) is 70.4 Å². The van der Waals surface area contributed by atoms with Crippen LogP contribution in [0.1, 0.15) is 61.5 Å². The van der Waals surface area contributed by atoms with E-state index in [1.54, 1.807) is 61.1 Å². The van der Waals surface area contributed by atoms with E-state index in [0.717, 1.165) is 91.2 Å². The zero-order valence-corrected chi connectivity index (χ0v) is 68.9. The Kier molecular flexibility index (Phi) is 41.6. The van der Waals surface area contributed by atoms with Gasteiger partial charge in [-0.05, 0) is 154 Å². The molecule has 0 spiro atoms. The fourth-order valence-corrected chi connectivity index (χ4v) is 13.4. The van der Waals surface area contributed by atoms with E-state index in [9.17, 15) is 67.5 Å². The number of hydrogen-bond donors (Lipinski definition) is 10. The largest absolute Gasteiger partial charge is 0.488 e. The lowest BCUT2D eigenvalue weighted by molar-refractivity contribution is -0.143. The summed E-state index contributed by atoms with van der Waals surface area (Å²) in [5.41, 5.74) is 15.9. The highest BCUT2D eigenvalue weighted by Crippen LogP contribution is 2.25. The van der Waals surface area contributed by atoms with Gasteiger partial charge in [0, 0.05) is 47.3 Å². The Labute approximate surface area is 691 Å². The number of pyridine rings is 3. The van der Waals surface area contributed by atoms with Crippen molar-refractivity contribution in [1.82, 2.24) is 33.8 Å². The number of carboxylic acid groups (broad SMARTS) is 1. The Hall–Kier alpha value is -11.3. The molecule has 0 fully saturated rings. The Morgan fingerprint density at radius 2 is 0.761 bits per heavy atom. The van der Waals surface area contributed by atoms with Gasteiger partial charge in [0.05, 0.1) is 46.4 Å². The second-order valence-electron chi connectivity index (χ2n) is 25.3. The second kappa shape index (κ2) is 49.6. The number of halogens is 1. The minimum Gasteiger partial charge on any atom is -0.480 e. The third-order valence-electron chi connectivity index (χ3n) is 15.7. The highest BCUT2D eigenvalue weighted by molar-refractivity contribution is 9.10. The van der Waals surface area contributed by atoms with Crippen molar-refractivity contribution in [1.29, 1.82) is 0 Å². The molecule has 0 unspecified atom stereocenters. The molecule has 11 N–H and O–H groups in total. The number of nitrogens with two attached hydrogens (primary N) is 1. The zero-order valence-electron chi connectivity index (χ0n) is 64.1. The van der Waals surface area contributed by atoms with E-state index in [0.29, 0.717) is 53.6 Å². The first-order valence-corrected chi connectivity index (χ1v) is 43.2. The third-order valence-corrected chi connectivity index (χ3v) is 19.1.